The van der Waals surface area contributed by atoms with Crippen molar-refractivity contribution in [3.05, 3.63) is 58.6 Å². The lowest BCUT2D eigenvalue weighted by molar-refractivity contribution is 0.102. The van der Waals surface area contributed by atoms with Gasteiger partial charge >= 0.3 is 0 Å². The fourth-order valence-electron chi connectivity index (χ4n) is 1.62. The predicted molar refractivity (Wildman–Crippen MR) is 75.0 cm³/mol. The normalized spacial score (nSPS) is 10.1. The van der Waals surface area contributed by atoms with E-state index in [0.29, 0.717) is 22.0 Å². The van der Waals surface area contributed by atoms with E-state index < -0.39 is 0 Å². The van der Waals surface area contributed by atoms with E-state index in [2.05, 4.69) is 5.32 Å². The van der Waals surface area contributed by atoms with Crippen LogP contribution in [0.5, 0.6) is 0 Å². The lowest BCUT2D eigenvalue weighted by Gasteiger charge is -2.09. The van der Waals surface area contributed by atoms with Crippen molar-refractivity contribution in [1.82, 2.24) is 0 Å². The van der Waals surface area contributed by atoms with Crippen LogP contribution in [0.4, 0.5) is 11.4 Å². The summed E-state index contributed by atoms with van der Waals surface area (Å²) in [5.74, 6) is -0.201. The quantitative estimate of drug-likeness (QED) is 0.812. The first-order chi connectivity index (χ1) is 8.58. The molecule has 3 N–H and O–H groups in total. The van der Waals surface area contributed by atoms with E-state index in [1.165, 1.54) is 0 Å². The number of nitrogens with two attached hydrogens (primary N) is 1. The molecule has 0 saturated heterocycles. The van der Waals surface area contributed by atoms with Crippen LogP contribution >= 0.6 is 11.6 Å². The molecule has 0 aliphatic carbocycles. The highest BCUT2D eigenvalue weighted by molar-refractivity contribution is 6.31. The van der Waals surface area contributed by atoms with Gasteiger partial charge in [-0.05, 0) is 42.8 Å². The minimum atomic E-state index is -0.201. The van der Waals surface area contributed by atoms with Crippen molar-refractivity contribution in [2.45, 2.75) is 6.92 Å². The molecule has 1 amide bonds. The number of nitrogens with one attached hydrogen (secondary N) is 1. The van der Waals surface area contributed by atoms with Gasteiger partial charge in [0.2, 0.25) is 0 Å². The molecule has 2 aromatic rings. The monoisotopic (exact) mass is 260 g/mol. The van der Waals surface area contributed by atoms with E-state index in [1.54, 1.807) is 36.4 Å². The summed E-state index contributed by atoms with van der Waals surface area (Å²) in [6.45, 7) is 1.86. The summed E-state index contributed by atoms with van der Waals surface area (Å²) < 4.78 is 0. The van der Waals surface area contributed by atoms with Crippen molar-refractivity contribution in [2.75, 3.05) is 11.1 Å². The maximum Gasteiger partial charge on any atom is 0.255 e. The van der Waals surface area contributed by atoms with Gasteiger partial charge in [0.25, 0.3) is 5.91 Å². The molecule has 0 spiro atoms. The second-order valence-corrected chi connectivity index (χ2v) is 4.40. The van der Waals surface area contributed by atoms with Gasteiger partial charge in [-0.1, -0.05) is 23.7 Å². The second-order valence-electron chi connectivity index (χ2n) is 3.99. The number of anilines is 2. The molecule has 2 aromatic carbocycles. The molecule has 0 fully saturated rings. The van der Waals surface area contributed by atoms with Crippen LogP contribution in [0, 0.1) is 6.92 Å². The summed E-state index contributed by atoms with van der Waals surface area (Å²) in [6, 6.07) is 12.2. The lowest BCUT2D eigenvalue weighted by Crippen LogP contribution is -2.13. The fraction of sp³-hybridized carbons (Fsp3) is 0.0714. The molecule has 3 nitrogen and oxygen atoms in total. The summed E-state index contributed by atoms with van der Waals surface area (Å²) in [5.41, 5.74) is 8.27. The van der Waals surface area contributed by atoms with Crippen molar-refractivity contribution in [3.8, 4) is 0 Å². The predicted octanol–water partition coefficient (Wildman–Crippen LogP) is 3.48. The molecule has 0 heterocycles. The number of carbonyl (C=O) groups is 1. The molecule has 92 valence electrons. The molecule has 18 heavy (non-hydrogen) atoms. The van der Waals surface area contributed by atoms with Crippen molar-refractivity contribution in [2.24, 2.45) is 0 Å². The van der Waals surface area contributed by atoms with Crippen LogP contribution in [-0.4, -0.2) is 5.91 Å². The van der Waals surface area contributed by atoms with Crippen molar-refractivity contribution in [3.63, 3.8) is 0 Å². The number of hydrogen-bond donors (Lipinski definition) is 2. The highest BCUT2D eigenvalue weighted by Crippen LogP contribution is 2.23. The van der Waals surface area contributed by atoms with Crippen molar-refractivity contribution in [1.29, 1.82) is 0 Å². The number of hydrogen-bond acceptors (Lipinski definition) is 2. The fourth-order valence-corrected chi connectivity index (χ4v) is 1.79. The van der Waals surface area contributed by atoms with Crippen LogP contribution in [0.3, 0.4) is 0 Å². The Labute approximate surface area is 111 Å². The van der Waals surface area contributed by atoms with Gasteiger partial charge in [-0.25, -0.2) is 0 Å². The van der Waals surface area contributed by atoms with E-state index in [-0.39, 0.29) is 5.91 Å². The molecule has 0 radical (unpaired) electrons. The number of amides is 1. The SMILES string of the molecule is Cc1c(Cl)cccc1NC(=O)c1cccc(N)c1. The van der Waals surface area contributed by atoms with E-state index in [0.717, 1.165) is 5.56 Å². The Morgan fingerprint density at radius 2 is 1.94 bits per heavy atom. The third-order valence-electron chi connectivity index (χ3n) is 2.66. The molecule has 0 aliphatic rings. The van der Waals surface area contributed by atoms with Crippen molar-refractivity contribution < 1.29 is 4.79 Å². The van der Waals surface area contributed by atoms with E-state index >= 15 is 0 Å². The molecule has 4 heteroatoms. The van der Waals surface area contributed by atoms with Gasteiger partial charge in [0, 0.05) is 22.0 Å². The van der Waals surface area contributed by atoms with Gasteiger partial charge in [0.15, 0.2) is 0 Å². The Hall–Kier alpha value is -2.00. The first-order valence-electron chi connectivity index (χ1n) is 5.50. The molecular formula is C14H13ClN2O. The maximum absolute atomic E-state index is 12.0. The maximum atomic E-state index is 12.0. The van der Waals surface area contributed by atoms with E-state index in [9.17, 15) is 4.79 Å². The average molecular weight is 261 g/mol. The number of benzene rings is 2. The minimum Gasteiger partial charge on any atom is -0.399 e. The van der Waals surface area contributed by atoms with Gasteiger partial charge in [0.1, 0.15) is 0 Å². The summed E-state index contributed by atoms with van der Waals surface area (Å²) in [6.07, 6.45) is 0. The summed E-state index contributed by atoms with van der Waals surface area (Å²) in [5, 5.41) is 3.44. The zero-order valence-electron chi connectivity index (χ0n) is 9.91. The van der Waals surface area contributed by atoms with Gasteiger partial charge < -0.3 is 11.1 Å². The zero-order valence-corrected chi connectivity index (χ0v) is 10.7. The van der Waals surface area contributed by atoms with E-state index in [1.807, 2.05) is 13.0 Å². The first kappa shape index (κ1) is 12.5. The Kier molecular flexibility index (Phi) is 3.53. The smallest absolute Gasteiger partial charge is 0.255 e. The van der Waals surface area contributed by atoms with Crippen LogP contribution in [-0.2, 0) is 0 Å². The molecular weight excluding hydrogens is 248 g/mol. The summed E-state index contributed by atoms with van der Waals surface area (Å²) >= 11 is 6.00. The molecule has 2 rings (SSSR count). The van der Waals surface area contributed by atoms with Crippen LogP contribution in [0.1, 0.15) is 15.9 Å². The van der Waals surface area contributed by atoms with E-state index in [4.69, 9.17) is 17.3 Å². The summed E-state index contributed by atoms with van der Waals surface area (Å²) in [7, 11) is 0. The number of nitrogen functional groups attached to an aromatic ring is 1. The first-order valence-corrected chi connectivity index (χ1v) is 5.88. The van der Waals surface area contributed by atoms with Crippen LogP contribution in [0.25, 0.3) is 0 Å². The third kappa shape index (κ3) is 2.63. The van der Waals surface area contributed by atoms with Gasteiger partial charge in [-0.15, -0.1) is 0 Å². The Balaban J connectivity index is 2.24. The molecule has 0 aromatic heterocycles. The zero-order chi connectivity index (χ0) is 13.1. The highest BCUT2D eigenvalue weighted by Gasteiger charge is 2.08. The van der Waals surface area contributed by atoms with Gasteiger partial charge in [0.05, 0.1) is 0 Å². The van der Waals surface area contributed by atoms with Gasteiger partial charge in [-0.2, -0.15) is 0 Å². The van der Waals surface area contributed by atoms with Crippen LogP contribution in [0.15, 0.2) is 42.5 Å². The largest absolute Gasteiger partial charge is 0.399 e. The number of carbonyl (C=O) groups excluding carboxylic acids is 1. The molecule has 0 bridgehead atoms. The van der Waals surface area contributed by atoms with Crippen LogP contribution in [0.2, 0.25) is 5.02 Å². The number of halogens is 1. The van der Waals surface area contributed by atoms with Crippen molar-refractivity contribution >= 4 is 28.9 Å². The Morgan fingerprint density at radius 3 is 2.67 bits per heavy atom. The molecule has 0 atom stereocenters. The second kappa shape index (κ2) is 5.10. The number of rotatable bonds is 2. The minimum absolute atomic E-state index is 0.201. The molecule has 0 aliphatic heterocycles. The highest BCUT2D eigenvalue weighted by atomic mass is 35.5. The Bertz CT molecular complexity index is 596. The van der Waals surface area contributed by atoms with Crippen LogP contribution < -0.4 is 11.1 Å². The third-order valence-corrected chi connectivity index (χ3v) is 3.07. The Morgan fingerprint density at radius 1 is 1.22 bits per heavy atom. The lowest BCUT2D eigenvalue weighted by atomic mass is 10.1. The standard InChI is InChI=1S/C14H13ClN2O/c1-9-12(15)6-3-7-13(9)17-14(18)10-4-2-5-11(16)8-10/h2-8H,16H2,1H3,(H,17,18). The average Bonchev–Trinajstić information content (AvgIpc) is 2.35. The van der Waals surface area contributed by atoms with Gasteiger partial charge in [-0.3, -0.25) is 4.79 Å². The summed E-state index contributed by atoms with van der Waals surface area (Å²) in [4.78, 5) is 12.0. The molecule has 0 saturated carbocycles. The topological polar surface area (TPSA) is 55.1 Å². The molecule has 0 unspecified atom stereocenters.